The van der Waals surface area contributed by atoms with Gasteiger partial charge < -0.3 is 4.98 Å². The van der Waals surface area contributed by atoms with E-state index in [0.717, 1.165) is 23.9 Å². The van der Waals surface area contributed by atoms with Crippen LogP contribution in [0.4, 0.5) is 0 Å². The number of benzene rings is 1. The van der Waals surface area contributed by atoms with Gasteiger partial charge in [-0.2, -0.15) is 0 Å². The number of H-pyrrole nitrogens is 1. The van der Waals surface area contributed by atoms with Crippen molar-refractivity contribution in [2.24, 2.45) is 0 Å². The van der Waals surface area contributed by atoms with Gasteiger partial charge in [0.05, 0.1) is 6.33 Å². The zero-order valence-electron chi connectivity index (χ0n) is 9.33. The van der Waals surface area contributed by atoms with E-state index in [0.29, 0.717) is 0 Å². The Balaban J connectivity index is 1.97. The van der Waals surface area contributed by atoms with Crippen LogP contribution in [0, 0.1) is 0 Å². The van der Waals surface area contributed by atoms with Crippen molar-refractivity contribution in [3.8, 4) is 0 Å². The predicted octanol–water partition coefficient (Wildman–Crippen LogP) is 3.52. The summed E-state index contributed by atoms with van der Waals surface area (Å²) in [5.41, 5.74) is 3.93. The molecule has 0 saturated heterocycles. The number of hydrogen-bond acceptors (Lipinski definition) is 1. The van der Waals surface area contributed by atoms with E-state index in [1.165, 1.54) is 16.8 Å². The molecule has 0 spiro atoms. The smallest absolute Gasteiger partial charge is 0.127 e. The summed E-state index contributed by atoms with van der Waals surface area (Å²) in [6.07, 6.45) is 4.86. The van der Waals surface area contributed by atoms with Crippen molar-refractivity contribution in [1.82, 2.24) is 9.97 Å². The fraction of sp³-hybridized carbons (Fsp3) is 0.308. The maximum atomic E-state index is 4.12. The Morgan fingerprint density at radius 3 is 2.38 bits per heavy atom. The maximum Gasteiger partial charge on any atom is 0.127 e. The van der Waals surface area contributed by atoms with Gasteiger partial charge in [0.1, 0.15) is 4.60 Å². The van der Waals surface area contributed by atoms with Gasteiger partial charge in [0.2, 0.25) is 0 Å². The topological polar surface area (TPSA) is 28.7 Å². The fourth-order valence-corrected chi connectivity index (χ4v) is 2.11. The zero-order chi connectivity index (χ0) is 11.4. The molecule has 2 rings (SSSR count). The Morgan fingerprint density at radius 1 is 1.12 bits per heavy atom. The molecule has 2 nitrogen and oxygen atoms in total. The van der Waals surface area contributed by atoms with Crippen molar-refractivity contribution in [3.63, 3.8) is 0 Å². The second kappa shape index (κ2) is 5.30. The van der Waals surface area contributed by atoms with Gasteiger partial charge in [-0.15, -0.1) is 0 Å². The number of halogens is 1. The number of aromatic nitrogens is 2. The maximum absolute atomic E-state index is 4.12. The van der Waals surface area contributed by atoms with Gasteiger partial charge in [-0.25, -0.2) is 4.98 Å². The molecule has 0 bridgehead atoms. The molecule has 1 N–H and O–H groups in total. The van der Waals surface area contributed by atoms with E-state index in [2.05, 4.69) is 57.1 Å². The third kappa shape index (κ3) is 2.73. The van der Waals surface area contributed by atoms with Crippen molar-refractivity contribution in [2.45, 2.75) is 26.2 Å². The van der Waals surface area contributed by atoms with Crippen LogP contribution < -0.4 is 0 Å². The number of nitrogens with zero attached hydrogens (tertiary/aromatic N) is 1. The van der Waals surface area contributed by atoms with Crippen LogP contribution in [0.3, 0.4) is 0 Å². The molecule has 16 heavy (non-hydrogen) atoms. The summed E-state index contributed by atoms with van der Waals surface area (Å²) in [6.45, 7) is 2.18. The minimum absolute atomic E-state index is 0.928. The van der Waals surface area contributed by atoms with E-state index in [9.17, 15) is 0 Å². The summed E-state index contributed by atoms with van der Waals surface area (Å²) in [4.78, 5) is 7.26. The highest BCUT2D eigenvalue weighted by molar-refractivity contribution is 9.10. The van der Waals surface area contributed by atoms with Crippen molar-refractivity contribution in [2.75, 3.05) is 0 Å². The lowest BCUT2D eigenvalue weighted by Gasteiger charge is -2.02. The average Bonchev–Trinajstić information content (AvgIpc) is 2.73. The molecule has 0 aliphatic heterocycles. The SMILES string of the molecule is CCc1ccc(CCc2[nH]cnc2Br)cc1. The van der Waals surface area contributed by atoms with Crippen LogP contribution in [0.1, 0.15) is 23.7 Å². The minimum Gasteiger partial charge on any atom is -0.348 e. The molecule has 1 aromatic heterocycles. The van der Waals surface area contributed by atoms with Crippen LogP contribution >= 0.6 is 15.9 Å². The van der Waals surface area contributed by atoms with E-state index < -0.39 is 0 Å². The van der Waals surface area contributed by atoms with Crippen LogP contribution in [0.5, 0.6) is 0 Å². The van der Waals surface area contributed by atoms with Crippen LogP contribution in [0.15, 0.2) is 35.2 Å². The molecule has 0 radical (unpaired) electrons. The summed E-state index contributed by atoms with van der Waals surface area (Å²) in [5, 5.41) is 0. The molecule has 3 heteroatoms. The standard InChI is InChI=1S/C13H15BrN2/c1-2-10-3-5-11(6-4-10)7-8-12-13(14)16-9-15-12/h3-6,9H,2,7-8H2,1H3,(H,15,16). The van der Waals surface area contributed by atoms with Gasteiger partial charge in [0, 0.05) is 5.69 Å². The molecule has 0 fully saturated rings. The predicted molar refractivity (Wildman–Crippen MR) is 69.5 cm³/mol. The molecular formula is C13H15BrN2. The number of rotatable bonds is 4. The molecule has 0 amide bonds. The number of aromatic amines is 1. The molecule has 0 unspecified atom stereocenters. The molecule has 84 valence electrons. The lowest BCUT2D eigenvalue weighted by atomic mass is 10.1. The third-order valence-electron chi connectivity index (χ3n) is 2.76. The molecule has 1 heterocycles. The Morgan fingerprint density at radius 2 is 1.81 bits per heavy atom. The summed E-state index contributed by atoms with van der Waals surface area (Å²) in [5.74, 6) is 0. The zero-order valence-corrected chi connectivity index (χ0v) is 10.9. The summed E-state index contributed by atoms with van der Waals surface area (Å²) < 4.78 is 0.928. The van der Waals surface area contributed by atoms with E-state index in [1.807, 2.05) is 0 Å². The second-order valence-electron chi connectivity index (χ2n) is 3.84. The van der Waals surface area contributed by atoms with Crippen LogP contribution in [0.2, 0.25) is 0 Å². The Bertz CT molecular complexity index is 445. The van der Waals surface area contributed by atoms with Gasteiger partial charge in [0.15, 0.2) is 0 Å². The number of imidazole rings is 1. The van der Waals surface area contributed by atoms with E-state index >= 15 is 0 Å². The van der Waals surface area contributed by atoms with Crippen molar-refractivity contribution < 1.29 is 0 Å². The number of nitrogens with one attached hydrogen (secondary N) is 1. The Hall–Kier alpha value is -1.09. The summed E-state index contributed by atoms with van der Waals surface area (Å²) in [7, 11) is 0. The average molecular weight is 279 g/mol. The highest BCUT2D eigenvalue weighted by Crippen LogP contribution is 2.14. The van der Waals surface area contributed by atoms with Gasteiger partial charge >= 0.3 is 0 Å². The molecule has 0 aliphatic carbocycles. The molecule has 0 atom stereocenters. The first-order valence-electron chi connectivity index (χ1n) is 5.55. The van der Waals surface area contributed by atoms with Gasteiger partial charge in [-0.1, -0.05) is 31.2 Å². The van der Waals surface area contributed by atoms with Crippen molar-refractivity contribution >= 4 is 15.9 Å². The van der Waals surface area contributed by atoms with Crippen molar-refractivity contribution in [3.05, 3.63) is 52.0 Å². The fourth-order valence-electron chi connectivity index (χ4n) is 1.69. The summed E-state index contributed by atoms with van der Waals surface area (Å²) in [6, 6.07) is 8.83. The summed E-state index contributed by atoms with van der Waals surface area (Å²) >= 11 is 3.42. The number of hydrogen-bond donors (Lipinski definition) is 1. The largest absolute Gasteiger partial charge is 0.348 e. The quantitative estimate of drug-likeness (QED) is 0.911. The number of aryl methyl sites for hydroxylation is 3. The lowest BCUT2D eigenvalue weighted by Crippen LogP contribution is -1.93. The van der Waals surface area contributed by atoms with Gasteiger partial charge in [-0.3, -0.25) is 0 Å². The first-order valence-corrected chi connectivity index (χ1v) is 6.34. The monoisotopic (exact) mass is 278 g/mol. The molecule has 1 aromatic carbocycles. The normalized spacial score (nSPS) is 10.6. The first-order chi connectivity index (χ1) is 7.79. The highest BCUT2D eigenvalue weighted by atomic mass is 79.9. The second-order valence-corrected chi connectivity index (χ2v) is 4.59. The van der Waals surface area contributed by atoms with Gasteiger partial charge in [-0.05, 0) is 46.3 Å². The van der Waals surface area contributed by atoms with Crippen molar-refractivity contribution in [1.29, 1.82) is 0 Å². The van der Waals surface area contributed by atoms with Crippen LogP contribution in [-0.2, 0) is 19.3 Å². The Labute approximate surface area is 104 Å². The lowest BCUT2D eigenvalue weighted by molar-refractivity contribution is 0.917. The minimum atomic E-state index is 0.928. The van der Waals surface area contributed by atoms with Gasteiger partial charge in [0.25, 0.3) is 0 Å². The Kier molecular flexibility index (Phi) is 3.78. The van der Waals surface area contributed by atoms with E-state index in [4.69, 9.17) is 0 Å². The molecule has 2 aromatic rings. The van der Waals surface area contributed by atoms with E-state index in [1.54, 1.807) is 6.33 Å². The van der Waals surface area contributed by atoms with E-state index in [-0.39, 0.29) is 0 Å². The molecule has 0 aliphatic rings. The first kappa shape index (κ1) is 11.4. The van der Waals surface area contributed by atoms with Crippen LogP contribution in [0.25, 0.3) is 0 Å². The van der Waals surface area contributed by atoms with Crippen LogP contribution in [-0.4, -0.2) is 9.97 Å². The molecular weight excluding hydrogens is 264 g/mol. The highest BCUT2D eigenvalue weighted by Gasteiger charge is 2.02. The third-order valence-corrected chi connectivity index (χ3v) is 3.44. The molecule has 0 saturated carbocycles.